The predicted octanol–water partition coefficient (Wildman–Crippen LogP) is 1.02. The van der Waals surface area contributed by atoms with Crippen LogP contribution in [0.1, 0.15) is 19.3 Å². The van der Waals surface area contributed by atoms with Crippen LogP contribution in [0.2, 0.25) is 0 Å². The lowest BCUT2D eigenvalue weighted by atomic mass is 9.87. The first-order valence-corrected chi connectivity index (χ1v) is 9.19. The first kappa shape index (κ1) is 17.7. The lowest BCUT2D eigenvalue weighted by molar-refractivity contribution is -0.135. The van der Waals surface area contributed by atoms with E-state index in [-0.39, 0.29) is 17.5 Å². The van der Waals surface area contributed by atoms with Crippen LogP contribution >= 0.6 is 0 Å². The Morgan fingerprint density at radius 1 is 1.26 bits per heavy atom. The Morgan fingerprint density at radius 3 is 2.74 bits per heavy atom. The number of amides is 2. The summed E-state index contributed by atoms with van der Waals surface area (Å²) in [6, 6.07) is 7.33. The average molecular weight is 371 g/mol. The molecule has 2 saturated heterocycles. The van der Waals surface area contributed by atoms with Gasteiger partial charge in [-0.1, -0.05) is 12.1 Å². The number of para-hydroxylation sites is 1. The van der Waals surface area contributed by atoms with Crippen LogP contribution in [0.15, 0.2) is 42.7 Å². The van der Waals surface area contributed by atoms with Crippen molar-refractivity contribution in [3.8, 4) is 0 Å². The maximum Gasteiger partial charge on any atom is 0.249 e. The average Bonchev–Trinajstić information content (AvgIpc) is 3.34. The third-order valence-electron chi connectivity index (χ3n) is 5.45. The minimum Gasteiger partial charge on any atom is -0.342 e. The molecule has 0 bridgehead atoms. The molecule has 2 aromatic rings. The topological polar surface area (TPSA) is 79.3 Å². The number of piperidine rings is 1. The van der Waals surface area contributed by atoms with Gasteiger partial charge in [0.25, 0.3) is 0 Å². The number of hydrogen-bond acceptors (Lipinski definition) is 4. The Labute approximate surface area is 156 Å². The summed E-state index contributed by atoms with van der Waals surface area (Å²) in [5, 5.41) is 10.4. The summed E-state index contributed by atoms with van der Waals surface area (Å²) in [4.78, 5) is 27.4. The van der Waals surface area contributed by atoms with E-state index in [2.05, 4.69) is 15.7 Å². The Bertz CT molecular complexity index is 832. The van der Waals surface area contributed by atoms with E-state index in [9.17, 15) is 14.0 Å². The van der Waals surface area contributed by atoms with Gasteiger partial charge in [0.05, 0.1) is 5.69 Å². The number of nitrogens with one attached hydrogen (secondary N) is 2. The van der Waals surface area contributed by atoms with E-state index >= 15 is 0 Å². The molecule has 0 radical (unpaired) electrons. The molecule has 1 aromatic carbocycles. The lowest BCUT2D eigenvalue weighted by Gasteiger charge is -2.37. The van der Waals surface area contributed by atoms with E-state index in [1.807, 2.05) is 0 Å². The molecule has 2 amide bonds. The monoisotopic (exact) mass is 371 g/mol. The van der Waals surface area contributed by atoms with Crippen LogP contribution in [0.3, 0.4) is 0 Å². The number of rotatable bonds is 4. The normalized spacial score (nSPS) is 22.0. The summed E-state index contributed by atoms with van der Waals surface area (Å²) in [5.41, 5.74) is -0.552. The fourth-order valence-corrected chi connectivity index (χ4v) is 3.94. The summed E-state index contributed by atoms with van der Waals surface area (Å²) in [7, 11) is 0. The molecule has 1 unspecified atom stereocenters. The second kappa shape index (κ2) is 7.11. The second-order valence-corrected chi connectivity index (χ2v) is 6.99. The zero-order valence-corrected chi connectivity index (χ0v) is 14.9. The van der Waals surface area contributed by atoms with Gasteiger partial charge in [0.15, 0.2) is 0 Å². The van der Waals surface area contributed by atoms with Gasteiger partial charge in [-0.25, -0.2) is 4.39 Å². The molecular weight excluding hydrogens is 349 g/mol. The molecule has 142 valence electrons. The summed E-state index contributed by atoms with van der Waals surface area (Å²) < 4.78 is 15.7. The zero-order valence-electron chi connectivity index (χ0n) is 14.9. The molecule has 2 aliphatic rings. The molecule has 1 aromatic heterocycles. The second-order valence-electron chi connectivity index (χ2n) is 6.99. The van der Waals surface area contributed by atoms with Crippen LogP contribution < -0.4 is 15.5 Å². The molecular formula is C19H22FN5O2. The van der Waals surface area contributed by atoms with Crippen LogP contribution in [-0.2, 0) is 15.1 Å². The van der Waals surface area contributed by atoms with Crippen molar-refractivity contribution in [3.05, 3.63) is 48.5 Å². The number of nitrogens with zero attached hydrogens (tertiary/aromatic N) is 3. The molecule has 7 nitrogen and oxygen atoms in total. The molecule has 8 heteroatoms. The third kappa shape index (κ3) is 3.10. The van der Waals surface area contributed by atoms with E-state index in [0.717, 1.165) is 0 Å². The zero-order chi connectivity index (χ0) is 18.9. The standard InChI is InChI=1S/C19H22FN5O2/c20-14-4-1-2-5-16(14)24-13-6-15(17(24)26)23-18(27)19(7-10-21-11-8-19)25-12-3-9-22-25/h1-5,9,12,15,21H,6-8,10-11,13H2,(H,23,27). The predicted molar refractivity (Wildman–Crippen MR) is 97.6 cm³/mol. The van der Waals surface area contributed by atoms with Crippen molar-refractivity contribution in [2.24, 2.45) is 0 Å². The molecule has 4 rings (SSSR count). The molecule has 3 heterocycles. The van der Waals surface area contributed by atoms with Crippen LogP contribution in [0.25, 0.3) is 0 Å². The number of aromatic nitrogens is 2. The van der Waals surface area contributed by atoms with E-state index < -0.39 is 17.4 Å². The van der Waals surface area contributed by atoms with Crippen molar-refractivity contribution in [3.63, 3.8) is 0 Å². The third-order valence-corrected chi connectivity index (χ3v) is 5.45. The molecule has 0 spiro atoms. The Morgan fingerprint density at radius 2 is 2.04 bits per heavy atom. The Kier molecular flexibility index (Phi) is 4.65. The first-order chi connectivity index (χ1) is 13.1. The van der Waals surface area contributed by atoms with Crippen molar-refractivity contribution in [1.82, 2.24) is 20.4 Å². The quantitative estimate of drug-likeness (QED) is 0.841. The molecule has 2 fully saturated rings. The van der Waals surface area contributed by atoms with Crippen LogP contribution in [0, 0.1) is 5.82 Å². The summed E-state index contributed by atoms with van der Waals surface area (Å²) in [6.07, 6.45) is 5.08. The van der Waals surface area contributed by atoms with E-state index in [1.165, 1.54) is 11.0 Å². The number of hydrogen-bond donors (Lipinski definition) is 2. The Hall–Kier alpha value is -2.74. The van der Waals surface area contributed by atoms with E-state index in [1.54, 1.807) is 41.3 Å². The first-order valence-electron chi connectivity index (χ1n) is 9.19. The van der Waals surface area contributed by atoms with Gasteiger partial charge in [0.2, 0.25) is 11.8 Å². The smallest absolute Gasteiger partial charge is 0.249 e. The highest BCUT2D eigenvalue weighted by Gasteiger charge is 2.45. The number of halogens is 1. The van der Waals surface area contributed by atoms with Crippen molar-refractivity contribution in [2.75, 3.05) is 24.5 Å². The molecule has 2 aliphatic heterocycles. The molecule has 0 saturated carbocycles. The minimum absolute atomic E-state index is 0.207. The van der Waals surface area contributed by atoms with Crippen molar-refractivity contribution < 1.29 is 14.0 Å². The van der Waals surface area contributed by atoms with Gasteiger partial charge in [-0.3, -0.25) is 14.3 Å². The largest absolute Gasteiger partial charge is 0.342 e. The fraction of sp³-hybridized carbons (Fsp3) is 0.421. The molecule has 1 atom stereocenters. The highest BCUT2D eigenvalue weighted by Crippen LogP contribution is 2.29. The van der Waals surface area contributed by atoms with E-state index in [4.69, 9.17) is 0 Å². The maximum atomic E-state index is 14.0. The van der Waals surface area contributed by atoms with Gasteiger partial charge in [0, 0.05) is 18.9 Å². The van der Waals surface area contributed by atoms with Gasteiger partial charge < -0.3 is 15.5 Å². The summed E-state index contributed by atoms with van der Waals surface area (Å²) in [6.45, 7) is 1.78. The maximum absolute atomic E-state index is 14.0. The van der Waals surface area contributed by atoms with Gasteiger partial charge >= 0.3 is 0 Å². The van der Waals surface area contributed by atoms with Crippen molar-refractivity contribution in [2.45, 2.75) is 30.8 Å². The van der Waals surface area contributed by atoms with Gasteiger partial charge in [-0.2, -0.15) is 5.10 Å². The van der Waals surface area contributed by atoms with Crippen LogP contribution in [-0.4, -0.2) is 47.3 Å². The van der Waals surface area contributed by atoms with Gasteiger partial charge in [-0.05, 0) is 50.6 Å². The highest BCUT2D eigenvalue weighted by atomic mass is 19.1. The molecule has 0 aliphatic carbocycles. The summed E-state index contributed by atoms with van der Waals surface area (Å²) in [5.74, 6) is -0.927. The van der Waals surface area contributed by atoms with Gasteiger partial charge in [0.1, 0.15) is 17.4 Å². The number of anilines is 1. The highest BCUT2D eigenvalue weighted by molar-refractivity contribution is 6.02. The lowest BCUT2D eigenvalue weighted by Crippen LogP contribution is -2.57. The van der Waals surface area contributed by atoms with Crippen LogP contribution in [0.5, 0.6) is 0 Å². The minimum atomic E-state index is -0.805. The number of carbonyl (C=O) groups is 2. The number of carbonyl (C=O) groups excluding carboxylic acids is 2. The summed E-state index contributed by atoms with van der Waals surface area (Å²) >= 11 is 0. The van der Waals surface area contributed by atoms with E-state index in [0.29, 0.717) is 38.9 Å². The fourth-order valence-electron chi connectivity index (χ4n) is 3.94. The van der Waals surface area contributed by atoms with Crippen molar-refractivity contribution in [1.29, 1.82) is 0 Å². The SMILES string of the molecule is O=C1C(NC(=O)C2(n3cccn3)CCNCC2)CCN1c1ccccc1F. The number of benzene rings is 1. The van der Waals surface area contributed by atoms with Gasteiger partial charge in [-0.15, -0.1) is 0 Å². The van der Waals surface area contributed by atoms with Crippen LogP contribution in [0.4, 0.5) is 10.1 Å². The molecule has 27 heavy (non-hydrogen) atoms. The Balaban J connectivity index is 1.52. The molecule has 2 N–H and O–H groups in total. The van der Waals surface area contributed by atoms with Crippen molar-refractivity contribution >= 4 is 17.5 Å².